The number of sulfonamides is 1. The Morgan fingerprint density at radius 1 is 1.22 bits per heavy atom. The zero-order valence-corrected chi connectivity index (χ0v) is 19.2. The van der Waals surface area contributed by atoms with Crippen LogP contribution in [0.4, 0.5) is 5.69 Å². The summed E-state index contributed by atoms with van der Waals surface area (Å²) in [4.78, 5) is 11.4. The highest BCUT2D eigenvalue weighted by atomic mass is 32.2. The van der Waals surface area contributed by atoms with Crippen LogP contribution < -0.4 is 0 Å². The van der Waals surface area contributed by atoms with Gasteiger partial charge in [-0.2, -0.15) is 8.99 Å². The first-order valence-electron chi connectivity index (χ1n) is 10.1. The van der Waals surface area contributed by atoms with Crippen molar-refractivity contribution in [3.63, 3.8) is 0 Å². The molecule has 0 amide bonds. The molecule has 12 heteroatoms. The molecule has 0 spiro atoms. The molecular formula is C20H22N6O4S2. The average Bonchev–Trinajstić information content (AvgIpc) is 3.22. The molecule has 1 aromatic heterocycles. The van der Waals surface area contributed by atoms with Gasteiger partial charge in [-0.1, -0.05) is 25.1 Å². The van der Waals surface area contributed by atoms with Gasteiger partial charge in [0.15, 0.2) is 0 Å². The topological polar surface area (TPSA) is 124 Å². The fraction of sp³-hybridized carbons (Fsp3) is 0.350. The zero-order valence-electron chi connectivity index (χ0n) is 17.6. The maximum absolute atomic E-state index is 13.1. The molecule has 0 aliphatic carbocycles. The normalized spacial score (nSPS) is 17.4. The van der Waals surface area contributed by atoms with E-state index in [9.17, 15) is 18.5 Å². The summed E-state index contributed by atoms with van der Waals surface area (Å²) in [6, 6.07) is 11.5. The van der Waals surface area contributed by atoms with Crippen LogP contribution in [0, 0.1) is 23.0 Å². The molecule has 1 fully saturated rings. The van der Waals surface area contributed by atoms with E-state index in [1.165, 1.54) is 21.1 Å². The second kappa shape index (κ2) is 8.96. The predicted molar refractivity (Wildman–Crippen MR) is 118 cm³/mol. The lowest BCUT2D eigenvalue weighted by Crippen LogP contribution is -2.39. The van der Waals surface area contributed by atoms with Crippen LogP contribution in [0.3, 0.4) is 0 Å². The van der Waals surface area contributed by atoms with Gasteiger partial charge in [-0.25, -0.2) is 8.42 Å². The second-order valence-electron chi connectivity index (χ2n) is 7.76. The van der Waals surface area contributed by atoms with Crippen molar-refractivity contribution in [3.05, 3.63) is 58.1 Å². The summed E-state index contributed by atoms with van der Waals surface area (Å²) in [5.41, 5.74) is 1.38. The van der Waals surface area contributed by atoms with Gasteiger partial charge in [-0.15, -0.1) is 5.10 Å². The van der Waals surface area contributed by atoms with Gasteiger partial charge < -0.3 is 0 Å². The van der Waals surface area contributed by atoms with E-state index in [1.54, 1.807) is 0 Å². The minimum atomic E-state index is -3.81. The highest BCUT2D eigenvalue weighted by Gasteiger charge is 2.31. The Morgan fingerprint density at radius 3 is 2.72 bits per heavy atom. The first-order chi connectivity index (χ1) is 15.3. The molecule has 1 atom stereocenters. The molecular weight excluding hydrogens is 452 g/mol. The molecule has 0 radical (unpaired) electrons. The van der Waals surface area contributed by atoms with Gasteiger partial charge in [-0.3, -0.25) is 10.1 Å². The first kappa shape index (κ1) is 22.4. The number of para-hydroxylation sites is 1. The Morgan fingerprint density at radius 2 is 2.00 bits per heavy atom. The van der Waals surface area contributed by atoms with Gasteiger partial charge in [0.25, 0.3) is 5.69 Å². The Bertz CT molecular complexity index is 1260. The van der Waals surface area contributed by atoms with Crippen molar-refractivity contribution < 1.29 is 13.3 Å². The average molecular weight is 475 g/mol. The number of rotatable bonds is 6. The Balaban J connectivity index is 1.68. The molecule has 4 rings (SSSR count). The zero-order chi connectivity index (χ0) is 22.9. The number of benzene rings is 2. The summed E-state index contributed by atoms with van der Waals surface area (Å²) in [5.74, 6) is 0.253. The van der Waals surface area contributed by atoms with E-state index in [4.69, 9.17) is 0 Å². The fourth-order valence-corrected chi connectivity index (χ4v) is 6.18. The summed E-state index contributed by atoms with van der Waals surface area (Å²) < 4.78 is 29.1. The summed E-state index contributed by atoms with van der Waals surface area (Å²) >= 11 is 1.01. The van der Waals surface area contributed by atoms with Crippen LogP contribution in [0.15, 0.2) is 57.4 Å². The Kier molecular flexibility index (Phi) is 6.26. The number of aryl methyl sites for hydroxylation is 1. The van der Waals surface area contributed by atoms with E-state index < -0.39 is 14.9 Å². The third-order valence-corrected chi connectivity index (χ3v) is 8.23. The Hall–Kier alpha value is -2.83. The lowest BCUT2D eigenvalue weighted by molar-refractivity contribution is -0.388. The number of tetrazole rings is 1. The van der Waals surface area contributed by atoms with E-state index in [1.807, 2.05) is 38.1 Å². The van der Waals surface area contributed by atoms with Crippen LogP contribution in [0.2, 0.25) is 0 Å². The Labute approximate surface area is 189 Å². The highest BCUT2D eigenvalue weighted by molar-refractivity contribution is 7.99. The summed E-state index contributed by atoms with van der Waals surface area (Å²) in [6.07, 6.45) is 1.75. The van der Waals surface area contributed by atoms with E-state index in [2.05, 4.69) is 15.5 Å². The minimum Gasteiger partial charge on any atom is -0.258 e. The monoisotopic (exact) mass is 474 g/mol. The minimum absolute atomic E-state index is 0.0823. The number of aromatic nitrogens is 4. The molecule has 0 saturated carbocycles. The molecule has 1 aliphatic heterocycles. The highest BCUT2D eigenvalue weighted by Crippen LogP contribution is 2.37. The number of nitrogens with zero attached hydrogens (tertiary/aromatic N) is 6. The quantitative estimate of drug-likeness (QED) is 0.393. The first-order valence-corrected chi connectivity index (χ1v) is 12.3. The lowest BCUT2D eigenvalue weighted by atomic mass is 10.0. The maximum atomic E-state index is 13.1. The predicted octanol–water partition coefficient (Wildman–Crippen LogP) is 3.45. The molecule has 168 valence electrons. The standard InChI is InChI=1S/C20H22N6O4S2/c1-14-6-5-11-24(13-14)32(29,30)16-9-10-19(18(12-16)26(27)28)31-20-21-22-23-25(20)17-8-4-3-7-15(17)2/h3-4,7-10,12,14H,5-6,11,13H2,1-2H3. The van der Waals surface area contributed by atoms with Gasteiger partial charge in [-0.05, 0) is 71.6 Å². The van der Waals surface area contributed by atoms with Gasteiger partial charge in [0, 0.05) is 19.2 Å². The molecule has 2 heterocycles. The molecule has 2 aromatic carbocycles. The van der Waals surface area contributed by atoms with E-state index in [0.29, 0.717) is 18.2 Å². The molecule has 1 saturated heterocycles. The van der Waals surface area contributed by atoms with E-state index in [0.717, 1.165) is 41.9 Å². The fourth-order valence-electron chi connectivity index (χ4n) is 3.69. The molecule has 32 heavy (non-hydrogen) atoms. The lowest BCUT2D eigenvalue weighted by Gasteiger charge is -2.30. The van der Waals surface area contributed by atoms with Crippen molar-refractivity contribution in [3.8, 4) is 5.69 Å². The van der Waals surface area contributed by atoms with Crippen LogP contribution in [-0.2, 0) is 10.0 Å². The van der Waals surface area contributed by atoms with Crippen molar-refractivity contribution in [1.29, 1.82) is 0 Å². The maximum Gasteiger partial charge on any atom is 0.284 e. The molecule has 0 N–H and O–H groups in total. The third kappa shape index (κ3) is 4.38. The summed E-state index contributed by atoms with van der Waals surface area (Å²) in [5, 5.41) is 23.8. The SMILES string of the molecule is Cc1ccccc1-n1nnnc1Sc1ccc(S(=O)(=O)N2CCCC(C)C2)cc1[N+](=O)[O-]. The van der Waals surface area contributed by atoms with Crippen LogP contribution in [0.5, 0.6) is 0 Å². The number of piperidine rings is 1. The molecule has 0 bridgehead atoms. The van der Waals surface area contributed by atoms with Crippen LogP contribution >= 0.6 is 11.8 Å². The van der Waals surface area contributed by atoms with Crippen LogP contribution in [0.1, 0.15) is 25.3 Å². The van der Waals surface area contributed by atoms with Gasteiger partial charge in [0.2, 0.25) is 15.2 Å². The molecule has 1 aliphatic rings. The molecule has 3 aromatic rings. The van der Waals surface area contributed by atoms with Gasteiger partial charge in [0.05, 0.1) is 20.4 Å². The number of hydrogen-bond donors (Lipinski definition) is 0. The summed E-state index contributed by atoms with van der Waals surface area (Å²) in [6.45, 7) is 4.75. The van der Waals surface area contributed by atoms with Crippen molar-refractivity contribution in [1.82, 2.24) is 24.5 Å². The van der Waals surface area contributed by atoms with Crippen molar-refractivity contribution in [2.75, 3.05) is 13.1 Å². The van der Waals surface area contributed by atoms with Crippen molar-refractivity contribution in [2.45, 2.75) is 41.6 Å². The van der Waals surface area contributed by atoms with Crippen LogP contribution in [-0.4, -0.2) is 50.9 Å². The number of hydrogen-bond acceptors (Lipinski definition) is 8. The molecule has 1 unspecified atom stereocenters. The van der Waals surface area contributed by atoms with E-state index in [-0.39, 0.29) is 21.4 Å². The summed E-state index contributed by atoms with van der Waals surface area (Å²) in [7, 11) is -3.81. The third-order valence-electron chi connectivity index (χ3n) is 5.37. The van der Waals surface area contributed by atoms with Gasteiger partial charge in [0.1, 0.15) is 0 Å². The molecule has 10 nitrogen and oxygen atoms in total. The van der Waals surface area contributed by atoms with Gasteiger partial charge >= 0.3 is 0 Å². The van der Waals surface area contributed by atoms with E-state index >= 15 is 0 Å². The smallest absolute Gasteiger partial charge is 0.258 e. The number of nitro benzene ring substituents is 1. The largest absolute Gasteiger partial charge is 0.284 e. The second-order valence-corrected chi connectivity index (χ2v) is 10.7. The number of nitro groups is 1. The van der Waals surface area contributed by atoms with Crippen LogP contribution in [0.25, 0.3) is 5.69 Å². The van der Waals surface area contributed by atoms with Crippen molar-refractivity contribution in [2.24, 2.45) is 5.92 Å². The van der Waals surface area contributed by atoms with Crippen molar-refractivity contribution >= 4 is 27.5 Å².